The molecule has 0 amide bonds. The number of fused-ring (bicyclic) bond motifs is 1. The molecule has 2 heterocycles. The molecule has 84 valence electrons. The first-order valence-corrected chi connectivity index (χ1v) is 5.58. The molecule has 1 atom stereocenters. The van der Waals surface area contributed by atoms with Gasteiger partial charge in [-0.2, -0.15) is 0 Å². The van der Waals surface area contributed by atoms with Gasteiger partial charge in [-0.25, -0.2) is 0 Å². The highest BCUT2D eigenvalue weighted by Crippen LogP contribution is 2.38. The minimum atomic E-state index is -0.787. The molecule has 0 saturated heterocycles. The van der Waals surface area contributed by atoms with Crippen molar-refractivity contribution >= 4 is 0 Å². The molecule has 1 aliphatic rings. The van der Waals surface area contributed by atoms with Crippen molar-refractivity contribution in [3.05, 3.63) is 47.8 Å². The van der Waals surface area contributed by atoms with Gasteiger partial charge in [0.2, 0.25) is 0 Å². The first kappa shape index (κ1) is 9.73. The number of hydrogen-bond acceptors (Lipinski definition) is 3. The maximum atomic E-state index is 10.7. The standard InChI is InChI=1S/C13H14O3/c14-13(8-10-3-6-15-9-10)5-1-2-12-11(13)4-7-16-12/h3-4,6-7,9,14H,1-2,5,8H2. The Labute approximate surface area is 93.7 Å². The molecular weight excluding hydrogens is 204 g/mol. The van der Waals surface area contributed by atoms with Gasteiger partial charge in [-0.3, -0.25) is 0 Å². The Balaban J connectivity index is 1.95. The van der Waals surface area contributed by atoms with Gasteiger partial charge in [0.15, 0.2) is 0 Å². The van der Waals surface area contributed by atoms with Crippen LogP contribution in [-0.2, 0) is 18.4 Å². The summed E-state index contributed by atoms with van der Waals surface area (Å²) in [6, 6.07) is 3.78. The van der Waals surface area contributed by atoms with Gasteiger partial charge in [-0.1, -0.05) is 0 Å². The third-order valence-corrected chi connectivity index (χ3v) is 3.32. The zero-order valence-electron chi connectivity index (χ0n) is 8.98. The monoisotopic (exact) mass is 218 g/mol. The van der Waals surface area contributed by atoms with Crippen molar-refractivity contribution in [2.24, 2.45) is 0 Å². The summed E-state index contributed by atoms with van der Waals surface area (Å²) in [7, 11) is 0. The molecule has 16 heavy (non-hydrogen) atoms. The van der Waals surface area contributed by atoms with Gasteiger partial charge >= 0.3 is 0 Å². The van der Waals surface area contributed by atoms with Crippen LogP contribution < -0.4 is 0 Å². The molecular formula is C13H14O3. The number of aryl methyl sites for hydroxylation is 1. The Morgan fingerprint density at radius 3 is 3.06 bits per heavy atom. The molecule has 0 aromatic carbocycles. The fourth-order valence-electron chi connectivity index (χ4n) is 2.54. The summed E-state index contributed by atoms with van der Waals surface area (Å²) in [6.07, 6.45) is 8.26. The number of hydrogen-bond donors (Lipinski definition) is 1. The van der Waals surface area contributed by atoms with Crippen LogP contribution in [0.15, 0.2) is 39.8 Å². The highest BCUT2D eigenvalue weighted by molar-refractivity contribution is 5.30. The first-order chi connectivity index (χ1) is 7.78. The Morgan fingerprint density at radius 1 is 1.31 bits per heavy atom. The summed E-state index contributed by atoms with van der Waals surface area (Å²) < 4.78 is 10.4. The molecule has 0 spiro atoms. The van der Waals surface area contributed by atoms with Crippen molar-refractivity contribution in [2.45, 2.75) is 31.3 Å². The summed E-state index contributed by atoms with van der Waals surface area (Å²) in [5.74, 6) is 0.928. The molecule has 0 radical (unpaired) electrons. The van der Waals surface area contributed by atoms with E-state index in [1.165, 1.54) is 0 Å². The third kappa shape index (κ3) is 1.48. The zero-order chi connectivity index (χ0) is 11.0. The maximum absolute atomic E-state index is 10.7. The summed E-state index contributed by atoms with van der Waals surface area (Å²) in [6.45, 7) is 0. The van der Waals surface area contributed by atoms with E-state index in [9.17, 15) is 5.11 Å². The van der Waals surface area contributed by atoms with Crippen molar-refractivity contribution in [1.82, 2.24) is 0 Å². The Bertz CT molecular complexity index is 469. The smallest absolute Gasteiger partial charge is 0.109 e. The summed E-state index contributed by atoms with van der Waals surface area (Å²) in [5.41, 5.74) is 1.18. The lowest BCUT2D eigenvalue weighted by atomic mass is 9.79. The highest BCUT2D eigenvalue weighted by Gasteiger charge is 2.36. The molecule has 1 N–H and O–H groups in total. The van der Waals surface area contributed by atoms with E-state index >= 15 is 0 Å². The third-order valence-electron chi connectivity index (χ3n) is 3.32. The number of furan rings is 2. The predicted octanol–water partition coefficient (Wildman–Crippen LogP) is 2.64. The van der Waals surface area contributed by atoms with E-state index in [1.54, 1.807) is 18.8 Å². The lowest BCUT2D eigenvalue weighted by molar-refractivity contribution is 0.0167. The Hall–Kier alpha value is -1.48. The summed E-state index contributed by atoms with van der Waals surface area (Å²) in [4.78, 5) is 0. The topological polar surface area (TPSA) is 46.5 Å². The molecule has 3 nitrogen and oxygen atoms in total. The van der Waals surface area contributed by atoms with Crippen LogP contribution in [0.3, 0.4) is 0 Å². The number of rotatable bonds is 2. The largest absolute Gasteiger partial charge is 0.472 e. The van der Waals surface area contributed by atoms with E-state index in [1.807, 2.05) is 12.1 Å². The maximum Gasteiger partial charge on any atom is 0.109 e. The van der Waals surface area contributed by atoms with Crippen LogP contribution >= 0.6 is 0 Å². The van der Waals surface area contributed by atoms with Crippen LogP contribution in [0.25, 0.3) is 0 Å². The van der Waals surface area contributed by atoms with E-state index in [0.717, 1.165) is 36.1 Å². The minimum absolute atomic E-state index is 0.593. The first-order valence-electron chi connectivity index (χ1n) is 5.58. The SMILES string of the molecule is OC1(Cc2ccoc2)CCCc2occc21. The van der Waals surface area contributed by atoms with E-state index in [0.29, 0.717) is 6.42 Å². The number of aliphatic hydroxyl groups is 1. The van der Waals surface area contributed by atoms with Crippen molar-refractivity contribution < 1.29 is 13.9 Å². The van der Waals surface area contributed by atoms with Crippen molar-refractivity contribution in [2.75, 3.05) is 0 Å². The fraction of sp³-hybridized carbons (Fsp3) is 0.385. The zero-order valence-corrected chi connectivity index (χ0v) is 8.98. The van der Waals surface area contributed by atoms with Crippen LogP contribution in [-0.4, -0.2) is 5.11 Å². The summed E-state index contributed by atoms with van der Waals surface area (Å²) in [5, 5.41) is 10.7. The molecule has 2 aromatic rings. The van der Waals surface area contributed by atoms with Crippen molar-refractivity contribution in [3.63, 3.8) is 0 Å². The van der Waals surface area contributed by atoms with Crippen LogP contribution in [0, 0.1) is 0 Å². The molecule has 0 saturated carbocycles. The Kier molecular flexibility index (Phi) is 2.14. The van der Waals surface area contributed by atoms with Crippen molar-refractivity contribution in [1.29, 1.82) is 0 Å². The van der Waals surface area contributed by atoms with Gasteiger partial charge in [-0.05, 0) is 30.5 Å². The molecule has 2 aromatic heterocycles. The van der Waals surface area contributed by atoms with Crippen LogP contribution in [0.5, 0.6) is 0 Å². The Morgan fingerprint density at radius 2 is 2.25 bits per heavy atom. The fourth-order valence-corrected chi connectivity index (χ4v) is 2.54. The molecule has 1 unspecified atom stereocenters. The predicted molar refractivity (Wildman–Crippen MR) is 58.0 cm³/mol. The van der Waals surface area contributed by atoms with Crippen LogP contribution in [0.4, 0.5) is 0 Å². The summed E-state index contributed by atoms with van der Waals surface area (Å²) >= 11 is 0. The lowest BCUT2D eigenvalue weighted by Gasteiger charge is -2.31. The van der Waals surface area contributed by atoms with E-state index in [4.69, 9.17) is 8.83 Å². The quantitative estimate of drug-likeness (QED) is 0.842. The second-order valence-electron chi connectivity index (χ2n) is 4.45. The average Bonchev–Trinajstić information content (AvgIpc) is 2.88. The van der Waals surface area contributed by atoms with Gasteiger partial charge in [0.25, 0.3) is 0 Å². The highest BCUT2D eigenvalue weighted by atomic mass is 16.3. The molecule has 3 heteroatoms. The van der Waals surface area contributed by atoms with E-state index in [2.05, 4.69) is 0 Å². The second-order valence-corrected chi connectivity index (χ2v) is 4.45. The van der Waals surface area contributed by atoms with Crippen molar-refractivity contribution in [3.8, 4) is 0 Å². The van der Waals surface area contributed by atoms with Gasteiger partial charge in [0.05, 0.1) is 24.4 Å². The molecule has 0 bridgehead atoms. The van der Waals surface area contributed by atoms with Gasteiger partial charge in [-0.15, -0.1) is 0 Å². The lowest BCUT2D eigenvalue weighted by Crippen LogP contribution is -2.31. The second kappa shape index (κ2) is 3.52. The molecule has 3 rings (SSSR count). The average molecular weight is 218 g/mol. The molecule has 0 fully saturated rings. The minimum Gasteiger partial charge on any atom is -0.472 e. The van der Waals surface area contributed by atoms with Gasteiger partial charge in [0.1, 0.15) is 5.76 Å². The van der Waals surface area contributed by atoms with E-state index in [-0.39, 0.29) is 0 Å². The van der Waals surface area contributed by atoms with E-state index < -0.39 is 5.60 Å². The molecule has 1 aliphatic carbocycles. The normalized spacial score (nSPS) is 24.3. The van der Waals surface area contributed by atoms with Crippen LogP contribution in [0.1, 0.15) is 29.7 Å². The van der Waals surface area contributed by atoms with Gasteiger partial charge in [0, 0.05) is 18.4 Å². The van der Waals surface area contributed by atoms with Gasteiger partial charge < -0.3 is 13.9 Å². The molecule has 0 aliphatic heterocycles. The van der Waals surface area contributed by atoms with Crippen LogP contribution in [0.2, 0.25) is 0 Å².